The van der Waals surface area contributed by atoms with Crippen LogP contribution in [0.1, 0.15) is 0 Å². The van der Waals surface area contributed by atoms with Crippen molar-refractivity contribution in [2.45, 2.75) is 10.7 Å². The lowest BCUT2D eigenvalue weighted by Crippen LogP contribution is -2.22. The van der Waals surface area contributed by atoms with Crippen molar-refractivity contribution in [2.24, 2.45) is 0 Å². The maximum Gasteiger partial charge on any atom is 0.363 e. The van der Waals surface area contributed by atoms with Crippen molar-refractivity contribution >= 4 is 42.1 Å². The highest BCUT2D eigenvalue weighted by molar-refractivity contribution is 8.15. The molecule has 0 amide bonds. The molecule has 17 heteroatoms. The summed E-state index contributed by atoms with van der Waals surface area (Å²) in [5.74, 6) is 0. The van der Waals surface area contributed by atoms with Gasteiger partial charge in [0.2, 0.25) is 0 Å². The quantitative estimate of drug-likeness (QED) is 0.271. The van der Waals surface area contributed by atoms with Crippen molar-refractivity contribution in [2.75, 3.05) is 0 Å². The smallest absolute Gasteiger partial charge is 0.324 e. The molecule has 1 aliphatic rings. The van der Waals surface area contributed by atoms with Gasteiger partial charge in [-0.1, -0.05) is 11.8 Å². The van der Waals surface area contributed by atoms with Crippen LogP contribution in [0.15, 0.2) is 9.96 Å². The van der Waals surface area contributed by atoms with Crippen LogP contribution in [0, 0.1) is 0 Å². The normalized spacial score (nSPS) is 25.5. The second kappa shape index (κ2) is 5.65. The monoisotopic (exact) mass is 406 g/mol. The van der Waals surface area contributed by atoms with E-state index in [0.717, 1.165) is 0 Å². The number of thioether (sulfide) groups is 1. The third-order valence-electron chi connectivity index (χ3n) is 2.27. The minimum absolute atomic E-state index is 0.337. The number of rotatable bonds is 4. The van der Waals surface area contributed by atoms with Crippen LogP contribution in [0.4, 0.5) is 0 Å². The van der Waals surface area contributed by atoms with E-state index in [1.165, 1.54) is 0 Å². The molecular weight excluding hydrogens is 396 g/mol. The molecule has 1 rings (SSSR count). The van der Waals surface area contributed by atoms with Crippen molar-refractivity contribution in [3.63, 3.8) is 0 Å². The molecule has 0 aliphatic carbocycles. The van der Waals surface area contributed by atoms with Crippen molar-refractivity contribution in [1.29, 1.82) is 0 Å². The van der Waals surface area contributed by atoms with Crippen molar-refractivity contribution in [3.05, 3.63) is 9.96 Å². The van der Waals surface area contributed by atoms with Gasteiger partial charge in [0.25, 0.3) is 0 Å². The van der Waals surface area contributed by atoms with Gasteiger partial charge in [0.05, 0.1) is 5.31 Å². The van der Waals surface area contributed by atoms with Crippen LogP contribution in [-0.2, 0) is 18.3 Å². The van der Waals surface area contributed by atoms with Crippen LogP contribution >= 0.6 is 42.1 Å². The van der Waals surface area contributed by atoms with E-state index < -0.39 is 51.0 Å². The standard InChI is InChI=1S/C4H10O12P4S/c5-17(6,7)1-2(18(8,9)10)4(20(14,15)16)21-3(1)19(11,12)13/h1,3H,(H2,5,6,7)(H2,8,9,10)(H2,11,12,13)(H2,14,15,16)/t1-,3-/m1/s1. The third kappa shape index (κ3) is 4.37. The van der Waals surface area contributed by atoms with Gasteiger partial charge in [-0.15, -0.1) is 0 Å². The van der Waals surface area contributed by atoms with Gasteiger partial charge in [-0.25, -0.2) is 0 Å². The van der Waals surface area contributed by atoms with E-state index in [1.807, 2.05) is 0 Å². The molecule has 8 N–H and O–H groups in total. The van der Waals surface area contributed by atoms with Gasteiger partial charge in [0, 0.05) is 0 Å². The summed E-state index contributed by atoms with van der Waals surface area (Å²) in [6.07, 6.45) is 0. The second-order valence-electron chi connectivity index (χ2n) is 3.91. The zero-order valence-corrected chi connectivity index (χ0v) is 14.0. The number of hydrogen-bond donors (Lipinski definition) is 8. The van der Waals surface area contributed by atoms with Crippen molar-refractivity contribution < 1.29 is 57.4 Å². The zero-order valence-electron chi connectivity index (χ0n) is 9.56. The van der Waals surface area contributed by atoms with Gasteiger partial charge >= 0.3 is 30.4 Å². The number of allylic oxidation sites excluding steroid dienone is 1. The van der Waals surface area contributed by atoms with Crippen molar-refractivity contribution in [1.82, 2.24) is 0 Å². The first-order valence-corrected chi connectivity index (χ1v) is 12.1. The fourth-order valence-electron chi connectivity index (χ4n) is 1.59. The summed E-state index contributed by atoms with van der Waals surface area (Å²) >= 11 is -0.337. The maximum atomic E-state index is 11.3. The van der Waals surface area contributed by atoms with Crippen LogP contribution in [0.5, 0.6) is 0 Å². The average molecular weight is 406 g/mol. The fourth-order valence-corrected chi connectivity index (χ4v) is 11.1. The van der Waals surface area contributed by atoms with E-state index in [9.17, 15) is 18.3 Å². The molecule has 1 heterocycles. The molecule has 12 nitrogen and oxygen atoms in total. The van der Waals surface area contributed by atoms with Crippen LogP contribution in [0.2, 0.25) is 0 Å². The summed E-state index contributed by atoms with van der Waals surface area (Å²) in [6, 6.07) is 0. The molecule has 0 bridgehead atoms. The Labute approximate surface area is 120 Å². The van der Waals surface area contributed by atoms with Crippen molar-refractivity contribution in [3.8, 4) is 0 Å². The summed E-state index contributed by atoms with van der Waals surface area (Å²) in [6.45, 7) is 0. The molecule has 0 aromatic heterocycles. The summed E-state index contributed by atoms with van der Waals surface area (Å²) in [4.78, 5) is 70.0. The van der Waals surface area contributed by atoms with E-state index in [2.05, 4.69) is 0 Å². The Morgan fingerprint density at radius 3 is 1.38 bits per heavy atom. The largest absolute Gasteiger partial charge is 0.363 e. The average Bonchev–Trinajstić information content (AvgIpc) is 2.52. The van der Waals surface area contributed by atoms with Crippen LogP contribution in [-0.4, -0.2) is 49.8 Å². The minimum atomic E-state index is -5.59. The lowest BCUT2D eigenvalue weighted by atomic mass is 10.5. The van der Waals surface area contributed by atoms with Crippen LogP contribution in [0.3, 0.4) is 0 Å². The highest BCUT2D eigenvalue weighted by Crippen LogP contribution is 2.76. The fraction of sp³-hybridized carbons (Fsp3) is 0.500. The molecule has 2 atom stereocenters. The maximum absolute atomic E-state index is 11.3. The summed E-state index contributed by atoms with van der Waals surface area (Å²) in [5, 5.41) is -1.64. The molecule has 1 aliphatic heterocycles. The first-order chi connectivity index (χ1) is 8.97. The van der Waals surface area contributed by atoms with E-state index >= 15 is 0 Å². The lowest BCUT2D eigenvalue weighted by molar-refractivity contribution is 0.344. The Kier molecular flexibility index (Phi) is 5.31. The molecule has 0 aromatic carbocycles. The Hall–Kier alpha value is 0.690. The van der Waals surface area contributed by atoms with E-state index in [-0.39, 0.29) is 11.8 Å². The summed E-state index contributed by atoms with van der Waals surface area (Å²) < 4.78 is 43.6. The Morgan fingerprint density at radius 1 is 0.714 bits per heavy atom. The van der Waals surface area contributed by atoms with Gasteiger partial charge in [-0.2, -0.15) is 0 Å². The molecular formula is C4H10O12P4S. The Bertz CT molecular complexity index is 657. The van der Waals surface area contributed by atoms with Gasteiger partial charge in [0.15, 0.2) is 0 Å². The summed E-state index contributed by atoms with van der Waals surface area (Å²) in [5.41, 5.74) is -2.70. The Morgan fingerprint density at radius 2 is 1.14 bits per heavy atom. The number of hydrogen-bond acceptors (Lipinski definition) is 5. The van der Waals surface area contributed by atoms with E-state index in [0.29, 0.717) is 0 Å². The molecule has 0 radical (unpaired) electrons. The summed E-state index contributed by atoms with van der Waals surface area (Å²) in [7, 11) is -21.9. The molecule has 0 saturated carbocycles. The molecule has 0 saturated heterocycles. The van der Waals surface area contributed by atoms with E-state index in [4.69, 9.17) is 39.1 Å². The van der Waals surface area contributed by atoms with Crippen LogP contribution < -0.4 is 0 Å². The molecule has 0 spiro atoms. The zero-order chi connectivity index (χ0) is 17.0. The highest BCUT2D eigenvalue weighted by atomic mass is 32.2. The lowest BCUT2D eigenvalue weighted by Gasteiger charge is -2.23. The topological polar surface area (TPSA) is 230 Å². The molecule has 21 heavy (non-hydrogen) atoms. The predicted molar refractivity (Wildman–Crippen MR) is 70.4 cm³/mol. The van der Waals surface area contributed by atoms with Gasteiger partial charge in [-0.3, -0.25) is 18.3 Å². The molecule has 0 aromatic rings. The predicted octanol–water partition coefficient (Wildman–Crippen LogP) is -0.692. The first-order valence-electron chi connectivity index (χ1n) is 4.61. The first kappa shape index (κ1) is 19.7. The molecule has 124 valence electrons. The minimum Gasteiger partial charge on any atom is -0.324 e. The van der Waals surface area contributed by atoms with Gasteiger partial charge in [-0.05, 0) is 0 Å². The van der Waals surface area contributed by atoms with Crippen LogP contribution in [0.25, 0.3) is 0 Å². The highest BCUT2D eigenvalue weighted by Gasteiger charge is 2.60. The van der Waals surface area contributed by atoms with Gasteiger partial charge in [0.1, 0.15) is 15.3 Å². The Balaban J connectivity index is 3.74. The SMILES string of the molecule is O=P(O)(O)C1=C(P(=O)(O)O)[C@@H](P(=O)(O)O)[C@H](P(=O)(O)O)S1. The second-order valence-corrected chi connectivity index (χ2v) is 12.3. The third-order valence-corrected chi connectivity index (χ3v) is 10.5. The molecule has 0 unspecified atom stereocenters. The van der Waals surface area contributed by atoms with Gasteiger partial charge < -0.3 is 39.1 Å². The molecule has 0 fully saturated rings. The van der Waals surface area contributed by atoms with E-state index in [1.54, 1.807) is 0 Å².